The van der Waals surface area contributed by atoms with Gasteiger partial charge in [0.2, 0.25) is 6.41 Å². The van der Waals surface area contributed by atoms with Gasteiger partial charge in [0, 0.05) is 39.3 Å². The molecular formula is C7H13BN2O2. The van der Waals surface area contributed by atoms with E-state index in [0.717, 1.165) is 39.1 Å². The lowest BCUT2D eigenvalue weighted by Crippen LogP contribution is -2.46. The molecule has 0 aromatic heterocycles. The Morgan fingerprint density at radius 2 is 2.00 bits per heavy atom. The van der Waals surface area contributed by atoms with Crippen LogP contribution in [0.5, 0.6) is 0 Å². The molecule has 0 aromatic carbocycles. The maximum Gasteiger partial charge on any atom is 0.282 e. The maximum atomic E-state index is 10.3. The van der Waals surface area contributed by atoms with Crippen molar-refractivity contribution in [1.82, 2.24) is 9.80 Å². The topological polar surface area (TPSA) is 32.8 Å². The molecule has 0 bridgehead atoms. The Labute approximate surface area is 73.9 Å². The van der Waals surface area contributed by atoms with Gasteiger partial charge in [-0.1, -0.05) is 0 Å². The minimum atomic E-state index is 0.557. The first kappa shape index (κ1) is 9.54. The second kappa shape index (κ2) is 5.16. The van der Waals surface area contributed by atoms with Crippen LogP contribution in [0.1, 0.15) is 0 Å². The summed E-state index contributed by atoms with van der Waals surface area (Å²) in [6.07, 6.45) is 0.900. The van der Waals surface area contributed by atoms with Gasteiger partial charge in [-0.05, 0) is 0 Å². The van der Waals surface area contributed by atoms with E-state index in [1.54, 1.807) is 4.90 Å². The van der Waals surface area contributed by atoms with Crippen LogP contribution in [0.3, 0.4) is 0 Å². The number of piperazine rings is 1. The van der Waals surface area contributed by atoms with Crippen LogP contribution in [0, 0.1) is 0 Å². The molecule has 1 aliphatic rings. The van der Waals surface area contributed by atoms with E-state index in [9.17, 15) is 4.79 Å². The van der Waals surface area contributed by atoms with Gasteiger partial charge in [0.25, 0.3) is 8.05 Å². The van der Waals surface area contributed by atoms with Crippen LogP contribution >= 0.6 is 0 Å². The summed E-state index contributed by atoms with van der Waals surface area (Å²) in [6, 6.07) is 0. The van der Waals surface area contributed by atoms with Crippen LogP contribution in [0.2, 0.25) is 0 Å². The first-order valence-electron chi connectivity index (χ1n) is 4.10. The molecule has 5 heteroatoms. The van der Waals surface area contributed by atoms with E-state index in [2.05, 4.69) is 9.55 Å². The van der Waals surface area contributed by atoms with Crippen LogP contribution in [0.4, 0.5) is 0 Å². The van der Waals surface area contributed by atoms with Crippen molar-refractivity contribution in [3.63, 3.8) is 0 Å². The molecule has 12 heavy (non-hydrogen) atoms. The van der Waals surface area contributed by atoms with Crippen LogP contribution < -0.4 is 0 Å². The molecule has 0 aromatic rings. The normalized spacial score (nSPS) is 19.5. The Balaban J connectivity index is 2.12. The Kier molecular flexibility index (Phi) is 4.11. The molecule has 1 saturated heterocycles. The summed E-state index contributed by atoms with van der Waals surface area (Å²) in [5.74, 6) is 0. The zero-order valence-corrected chi connectivity index (χ0v) is 7.11. The Morgan fingerprint density at radius 3 is 2.50 bits per heavy atom. The largest absolute Gasteiger partial charge is 0.446 e. The molecule has 1 fully saturated rings. The molecule has 66 valence electrons. The molecular weight excluding hydrogens is 155 g/mol. The van der Waals surface area contributed by atoms with Gasteiger partial charge in [0.05, 0.1) is 0 Å². The average molecular weight is 168 g/mol. The predicted molar refractivity (Wildman–Crippen MR) is 45.8 cm³/mol. The highest BCUT2D eigenvalue weighted by Crippen LogP contribution is 1.98. The third-order valence-corrected chi connectivity index (χ3v) is 2.08. The van der Waals surface area contributed by atoms with Gasteiger partial charge in [-0.25, -0.2) is 0 Å². The minimum absolute atomic E-state index is 0.557. The van der Waals surface area contributed by atoms with Gasteiger partial charge in [-0.3, -0.25) is 9.69 Å². The van der Waals surface area contributed by atoms with Crippen molar-refractivity contribution < 1.29 is 9.45 Å². The van der Waals surface area contributed by atoms with Crippen molar-refractivity contribution in [3.8, 4) is 0 Å². The zero-order valence-electron chi connectivity index (χ0n) is 7.11. The molecule has 1 amide bonds. The molecule has 0 N–H and O–H groups in total. The summed E-state index contributed by atoms with van der Waals surface area (Å²) < 4.78 is 4.47. The highest BCUT2D eigenvalue weighted by Gasteiger charge is 2.13. The molecule has 0 atom stereocenters. The highest BCUT2D eigenvalue weighted by molar-refractivity contribution is 5.97. The highest BCUT2D eigenvalue weighted by atomic mass is 16.4. The van der Waals surface area contributed by atoms with Crippen molar-refractivity contribution in [1.29, 1.82) is 0 Å². The maximum absolute atomic E-state index is 10.3. The molecule has 0 unspecified atom stereocenters. The molecule has 2 radical (unpaired) electrons. The number of rotatable bonds is 4. The van der Waals surface area contributed by atoms with Crippen molar-refractivity contribution in [2.24, 2.45) is 0 Å². The number of nitrogens with zero attached hydrogens (tertiary/aromatic N) is 2. The van der Waals surface area contributed by atoms with Crippen LogP contribution in [-0.4, -0.2) is 63.6 Å². The van der Waals surface area contributed by atoms with Crippen molar-refractivity contribution >= 4 is 14.5 Å². The summed E-state index contributed by atoms with van der Waals surface area (Å²) in [5.41, 5.74) is 0. The van der Waals surface area contributed by atoms with E-state index in [-0.39, 0.29) is 0 Å². The molecule has 0 aliphatic carbocycles. The lowest BCUT2D eigenvalue weighted by Gasteiger charge is -2.32. The predicted octanol–water partition coefficient (Wildman–Crippen LogP) is -1.14. The minimum Gasteiger partial charge on any atom is -0.446 e. The SMILES string of the molecule is [B]OCCN1CCN(C=O)CC1. The number of carbonyl (C=O) groups is 1. The Morgan fingerprint density at radius 1 is 1.33 bits per heavy atom. The van der Waals surface area contributed by atoms with Gasteiger partial charge in [-0.2, -0.15) is 0 Å². The third kappa shape index (κ3) is 2.83. The van der Waals surface area contributed by atoms with E-state index in [4.69, 9.17) is 8.05 Å². The third-order valence-electron chi connectivity index (χ3n) is 2.08. The van der Waals surface area contributed by atoms with E-state index in [0.29, 0.717) is 6.61 Å². The Bertz CT molecular complexity index is 137. The summed E-state index contributed by atoms with van der Waals surface area (Å²) in [5, 5.41) is 0. The van der Waals surface area contributed by atoms with Gasteiger partial charge in [0.1, 0.15) is 0 Å². The van der Waals surface area contributed by atoms with E-state index >= 15 is 0 Å². The van der Waals surface area contributed by atoms with E-state index < -0.39 is 0 Å². The van der Waals surface area contributed by atoms with Crippen molar-refractivity contribution in [2.75, 3.05) is 39.3 Å². The molecule has 1 rings (SSSR count). The lowest BCUT2D eigenvalue weighted by molar-refractivity contribution is -0.119. The summed E-state index contributed by atoms with van der Waals surface area (Å²) in [6.45, 7) is 4.87. The van der Waals surface area contributed by atoms with Gasteiger partial charge < -0.3 is 9.55 Å². The Hall–Kier alpha value is -0.545. The molecule has 4 nitrogen and oxygen atoms in total. The average Bonchev–Trinajstić information content (AvgIpc) is 2.15. The first-order valence-corrected chi connectivity index (χ1v) is 4.10. The second-order valence-electron chi connectivity index (χ2n) is 2.85. The monoisotopic (exact) mass is 168 g/mol. The smallest absolute Gasteiger partial charge is 0.282 e. The second-order valence-corrected chi connectivity index (χ2v) is 2.85. The number of hydrogen-bond donors (Lipinski definition) is 0. The standard InChI is InChI=1S/C7H13BN2O2/c8-12-6-5-9-1-3-10(7-11)4-2-9/h7H,1-6H2. The summed E-state index contributed by atoms with van der Waals surface area (Å²) in [4.78, 5) is 14.3. The zero-order chi connectivity index (χ0) is 8.81. The van der Waals surface area contributed by atoms with Gasteiger partial charge in [0.15, 0.2) is 0 Å². The summed E-state index contributed by atoms with van der Waals surface area (Å²) in [7, 11) is 4.91. The summed E-state index contributed by atoms with van der Waals surface area (Å²) >= 11 is 0. The van der Waals surface area contributed by atoms with Gasteiger partial charge in [-0.15, -0.1) is 0 Å². The lowest BCUT2D eigenvalue weighted by atomic mass is 10.3. The number of carbonyl (C=O) groups excluding carboxylic acids is 1. The van der Waals surface area contributed by atoms with Crippen molar-refractivity contribution in [2.45, 2.75) is 0 Å². The van der Waals surface area contributed by atoms with Crippen molar-refractivity contribution in [3.05, 3.63) is 0 Å². The number of amides is 1. The van der Waals surface area contributed by atoms with E-state index in [1.165, 1.54) is 0 Å². The van der Waals surface area contributed by atoms with Crippen LogP contribution in [0.15, 0.2) is 0 Å². The van der Waals surface area contributed by atoms with E-state index in [1.807, 2.05) is 0 Å². The molecule has 1 aliphatic heterocycles. The molecule has 1 heterocycles. The van der Waals surface area contributed by atoms with Gasteiger partial charge >= 0.3 is 0 Å². The van der Waals surface area contributed by atoms with Crippen LogP contribution in [-0.2, 0) is 9.45 Å². The quantitative estimate of drug-likeness (QED) is 0.393. The fourth-order valence-corrected chi connectivity index (χ4v) is 1.27. The number of hydrogen-bond acceptors (Lipinski definition) is 3. The molecule has 0 saturated carbocycles. The first-order chi connectivity index (χ1) is 5.86. The fraction of sp³-hybridized carbons (Fsp3) is 0.857. The fourth-order valence-electron chi connectivity index (χ4n) is 1.27. The van der Waals surface area contributed by atoms with Crippen LogP contribution in [0.25, 0.3) is 0 Å². The molecule has 0 spiro atoms.